The van der Waals surface area contributed by atoms with Crippen LogP contribution in [0, 0.1) is 11.8 Å². The maximum Gasteiger partial charge on any atom is 0.351 e. The molecule has 0 aliphatic rings. The first-order valence-electron chi connectivity index (χ1n) is 5.12. The molecule has 0 aliphatic carbocycles. The summed E-state index contributed by atoms with van der Waals surface area (Å²) in [6.07, 6.45) is 0. The zero-order valence-electron chi connectivity index (χ0n) is 9.27. The van der Waals surface area contributed by atoms with E-state index in [9.17, 15) is 9.59 Å². The summed E-state index contributed by atoms with van der Waals surface area (Å²) in [6.45, 7) is 0.238. The molecule has 0 spiro atoms. The zero-order valence-corrected chi connectivity index (χ0v) is 9.27. The molecular weight excluding hydrogens is 234 g/mol. The molecule has 0 saturated heterocycles. The highest BCUT2D eigenvalue weighted by Crippen LogP contribution is 2.15. The standard InChI is InChI=1S/C13H9NO4/c14-5-1-2-8-3-4-11-9(6-8)7-10(12(15)16)13(17)18-11/h3-4,6-7H,5,14H2,(H,15,16). The number of aromatic carboxylic acids is 1. The Hall–Kier alpha value is -2.58. The summed E-state index contributed by atoms with van der Waals surface area (Å²) < 4.78 is 4.90. The molecule has 5 heteroatoms. The molecule has 5 nitrogen and oxygen atoms in total. The van der Waals surface area contributed by atoms with Gasteiger partial charge >= 0.3 is 11.6 Å². The number of hydrogen-bond acceptors (Lipinski definition) is 4. The Morgan fingerprint density at radius 3 is 2.83 bits per heavy atom. The highest BCUT2D eigenvalue weighted by Gasteiger charge is 2.11. The predicted molar refractivity (Wildman–Crippen MR) is 65.4 cm³/mol. The van der Waals surface area contributed by atoms with Crippen molar-refractivity contribution in [2.24, 2.45) is 5.73 Å². The third kappa shape index (κ3) is 2.24. The van der Waals surface area contributed by atoms with Crippen molar-refractivity contribution in [3.05, 3.63) is 45.8 Å². The molecule has 0 atom stereocenters. The Labute approximate surface area is 102 Å². The highest BCUT2D eigenvalue weighted by molar-refractivity contribution is 5.91. The van der Waals surface area contributed by atoms with Gasteiger partial charge in [0, 0.05) is 10.9 Å². The minimum Gasteiger partial charge on any atom is -0.477 e. The Morgan fingerprint density at radius 1 is 1.39 bits per heavy atom. The van der Waals surface area contributed by atoms with Crippen molar-refractivity contribution >= 4 is 16.9 Å². The maximum absolute atomic E-state index is 11.3. The van der Waals surface area contributed by atoms with Gasteiger partial charge in [0.15, 0.2) is 0 Å². The first-order chi connectivity index (χ1) is 8.61. The van der Waals surface area contributed by atoms with E-state index in [2.05, 4.69) is 11.8 Å². The predicted octanol–water partition coefficient (Wildman–Crippen LogP) is 0.801. The van der Waals surface area contributed by atoms with Gasteiger partial charge in [0.1, 0.15) is 11.1 Å². The van der Waals surface area contributed by atoms with Crippen LogP contribution < -0.4 is 11.4 Å². The third-order valence-corrected chi connectivity index (χ3v) is 2.30. The fourth-order valence-electron chi connectivity index (χ4n) is 1.50. The maximum atomic E-state index is 11.3. The molecule has 1 aromatic carbocycles. The number of carboxylic acids is 1. The molecular formula is C13H9NO4. The van der Waals surface area contributed by atoms with Gasteiger partial charge in [0.05, 0.1) is 6.54 Å². The van der Waals surface area contributed by atoms with Crippen LogP contribution >= 0.6 is 0 Å². The second-order valence-electron chi connectivity index (χ2n) is 3.51. The summed E-state index contributed by atoms with van der Waals surface area (Å²) in [4.78, 5) is 22.2. The fourth-order valence-corrected chi connectivity index (χ4v) is 1.50. The van der Waals surface area contributed by atoms with Crippen molar-refractivity contribution in [1.29, 1.82) is 0 Å². The summed E-state index contributed by atoms with van der Waals surface area (Å²) in [7, 11) is 0. The van der Waals surface area contributed by atoms with Gasteiger partial charge in [-0.3, -0.25) is 0 Å². The van der Waals surface area contributed by atoms with Crippen LogP contribution in [0.4, 0.5) is 0 Å². The van der Waals surface area contributed by atoms with Crippen LogP contribution in [0.1, 0.15) is 15.9 Å². The molecule has 1 aromatic heterocycles. The topological polar surface area (TPSA) is 93.5 Å². The van der Waals surface area contributed by atoms with E-state index in [1.165, 1.54) is 6.07 Å². The lowest BCUT2D eigenvalue weighted by Crippen LogP contribution is -2.12. The molecule has 0 radical (unpaired) electrons. The van der Waals surface area contributed by atoms with E-state index in [1.54, 1.807) is 18.2 Å². The molecule has 0 saturated carbocycles. The molecule has 0 unspecified atom stereocenters. The molecule has 3 N–H and O–H groups in total. The van der Waals surface area contributed by atoms with E-state index in [4.69, 9.17) is 15.3 Å². The Balaban J connectivity index is 2.65. The van der Waals surface area contributed by atoms with Gasteiger partial charge in [0.2, 0.25) is 0 Å². The van der Waals surface area contributed by atoms with Gasteiger partial charge in [0.25, 0.3) is 0 Å². The van der Waals surface area contributed by atoms with Crippen LogP contribution in [0.15, 0.2) is 33.5 Å². The van der Waals surface area contributed by atoms with Crippen molar-refractivity contribution < 1.29 is 14.3 Å². The number of nitrogens with two attached hydrogens (primary N) is 1. The monoisotopic (exact) mass is 243 g/mol. The molecule has 0 amide bonds. The molecule has 0 fully saturated rings. The quantitative estimate of drug-likeness (QED) is 0.570. The lowest BCUT2D eigenvalue weighted by atomic mass is 10.1. The van der Waals surface area contributed by atoms with E-state index >= 15 is 0 Å². The molecule has 90 valence electrons. The van der Waals surface area contributed by atoms with Crippen LogP contribution in [0.5, 0.6) is 0 Å². The van der Waals surface area contributed by atoms with Crippen molar-refractivity contribution in [2.75, 3.05) is 6.54 Å². The Kier molecular flexibility index (Phi) is 3.13. The first kappa shape index (κ1) is 11.9. The second-order valence-corrected chi connectivity index (χ2v) is 3.51. The highest BCUT2D eigenvalue weighted by atomic mass is 16.4. The molecule has 2 rings (SSSR count). The van der Waals surface area contributed by atoms with Crippen molar-refractivity contribution in [3.63, 3.8) is 0 Å². The van der Waals surface area contributed by atoms with E-state index in [0.717, 1.165) is 0 Å². The average molecular weight is 243 g/mol. The first-order valence-corrected chi connectivity index (χ1v) is 5.12. The smallest absolute Gasteiger partial charge is 0.351 e. The number of benzene rings is 1. The number of hydrogen-bond donors (Lipinski definition) is 2. The summed E-state index contributed by atoms with van der Waals surface area (Å²) in [6, 6.07) is 6.17. The molecule has 18 heavy (non-hydrogen) atoms. The van der Waals surface area contributed by atoms with E-state index < -0.39 is 17.2 Å². The van der Waals surface area contributed by atoms with Crippen LogP contribution in [0.25, 0.3) is 11.0 Å². The minimum atomic E-state index is -1.32. The lowest BCUT2D eigenvalue weighted by Gasteiger charge is -1.99. The van der Waals surface area contributed by atoms with E-state index in [1.807, 2.05) is 0 Å². The van der Waals surface area contributed by atoms with Gasteiger partial charge in [-0.1, -0.05) is 11.8 Å². The van der Waals surface area contributed by atoms with Crippen LogP contribution in [0.3, 0.4) is 0 Å². The Morgan fingerprint density at radius 2 is 2.17 bits per heavy atom. The normalized spacial score (nSPS) is 9.83. The minimum absolute atomic E-state index is 0.238. The van der Waals surface area contributed by atoms with Crippen LogP contribution in [-0.2, 0) is 0 Å². The van der Waals surface area contributed by atoms with Crippen molar-refractivity contribution in [1.82, 2.24) is 0 Å². The number of carboxylic acid groups (broad SMARTS) is 1. The van der Waals surface area contributed by atoms with Crippen LogP contribution in [0.2, 0.25) is 0 Å². The molecule has 2 aromatic rings. The average Bonchev–Trinajstić information content (AvgIpc) is 2.35. The SMILES string of the molecule is NCC#Cc1ccc2oc(=O)c(C(=O)O)cc2c1. The number of rotatable bonds is 1. The van der Waals surface area contributed by atoms with E-state index in [-0.39, 0.29) is 6.54 Å². The second kappa shape index (κ2) is 4.73. The number of fused-ring (bicyclic) bond motifs is 1. The van der Waals surface area contributed by atoms with Crippen molar-refractivity contribution in [3.8, 4) is 11.8 Å². The van der Waals surface area contributed by atoms with E-state index in [0.29, 0.717) is 16.5 Å². The Bertz CT molecular complexity index is 734. The molecule has 1 heterocycles. The molecule has 0 aliphatic heterocycles. The lowest BCUT2D eigenvalue weighted by molar-refractivity contribution is 0.0692. The van der Waals surface area contributed by atoms with Crippen LogP contribution in [-0.4, -0.2) is 17.6 Å². The third-order valence-electron chi connectivity index (χ3n) is 2.30. The number of carbonyl (C=O) groups is 1. The summed E-state index contributed by atoms with van der Waals surface area (Å²) >= 11 is 0. The fraction of sp³-hybridized carbons (Fsp3) is 0.0769. The summed E-state index contributed by atoms with van der Waals surface area (Å²) in [5.41, 5.74) is 5.00. The zero-order chi connectivity index (χ0) is 13.1. The largest absolute Gasteiger partial charge is 0.477 e. The van der Waals surface area contributed by atoms with Gasteiger partial charge in [-0.25, -0.2) is 9.59 Å². The summed E-state index contributed by atoms with van der Waals surface area (Å²) in [5.74, 6) is 4.19. The van der Waals surface area contributed by atoms with Gasteiger partial charge < -0.3 is 15.3 Å². The van der Waals surface area contributed by atoms with Crippen molar-refractivity contribution in [2.45, 2.75) is 0 Å². The van der Waals surface area contributed by atoms with Gasteiger partial charge in [-0.2, -0.15) is 0 Å². The summed E-state index contributed by atoms with van der Waals surface area (Å²) in [5, 5.41) is 9.34. The van der Waals surface area contributed by atoms with Gasteiger partial charge in [-0.05, 0) is 24.3 Å². The molecule has 0 bridgehead atoms. The van der Waals surface area contributed by atoms with Gasteiger partial charge in [-0.15, -0.1) is 0 Å².